The molecule has 5 aromatic rings. The van der Waals surface area contributed by atoms with Crippen LogP contribution in [0.3, 0.4) is 0 Å². The molecule has 176 valence electrons. The van der Waals surface area contributed by atoms with E-state index in [0.29, 0.717) is 0 Å². The number of hydrogen-bond acceptors (Lipinski definition) is 0. The maximum absolute atomic E-state index is 2.41. The molecule has 0 N–H and O–H groups in total. The van der Waals surface area contributed by atoms with Gasteiger partial charge in [0.1, 0.15) is 12.3 Å². The maximum atomic E-state index is 2.41. The summed E-state index contributed by atoms with van der Waals surface area (Å²) in [5.74, 6) is 0. The van der Waals surface area contributed by atoms with Crippen LogP contribution in [0.25, 0.3) is 0 Å². The van der Waals surface area contributed by atoms with Crippen LogP contribution >= 0.6 is 14.5 Å². The van der Waals surface area contributed by atoms with Crippen molar-refractivity contribution in [2.45, 2.75) is 12.3 Å². The summed E-state index contributed by atoms with van der Waals surface area (Å²) in [6.07, 6.45) is 4.74. The summed E-state index contributed by atoms with van der Waals surface area (Å²) in [6.45, 7) is 0. The molecule has 0 bridgehead atoms. The fourth-order valence-electron chi connectivity index (χ4n) is 5.98. The van der Waals surface area contributed by atoms with Crippen LogP contribution in [-0.2, 0) is 12.3 Å². The Morgan fingerprint density at radius 3 is 0.833 bits per heavy atom. The van der Waals surface area contributed by atoms with Gasteiger partial charge in [-0.2, -0.15) is 0 Å². The van der Waals surface area contributed by atoms with Crippen LogP contribution in [0.4, 0.5) is 0 Å². The van der Waals surface area contributed by atoms with Gasteiger partial charge in [-0.1, -0.05) is 97.1 Å². The molecule has 0 spiro atoms. The van der Waals surface area contributed by atoms with Crippen molar-refractivity contribution in [3.05, 3.63) is 157 Å². The quantitative estimate of drug-likeness (QED) is 0.231. The van der Waals surface area contributed by atoms with Crippen molar-refractivity contribution < 1.29 is 0 Å². The number of rotatable bonds is 4. The Hall–Kier alpha value is -3.04. The minimum absolute atomic E-state index is 1.14. The summed E-state index contributed by atoms with van der Waals surface area (Å²) in [5, 5.41) is 6.14. The molecule has 1 heterocycles. The minimum Gasteiger partial charge on any atom is -0.0620 e. The Balaban J connectivity index is 1.63. The summed E-state index contributed by atoms with van der Waals surface area (Å²) in [7, 11) is -3.38. The molecule has 0 radical (unpaired) electrons. The number of benzene rings is 5. The van der Waals surface area contributed by atoms with Crippen LogP contribution < -0.4 is 21.2 Å². The molecule has 0 fully saturated rings. The van der Waals surface area contributed by atoms with Crippen molar-refractivity contribution in [3.63, 3.8) is 0 Å². The molecule has 2 heteroatoms. The van der Waals surface area contributed by atoms with Gasteiger partial charge >= 0.3 is 0 Å². The van der Waals surface area contributed by atoms with E-state index in [-0.39, 0.29) is 0 Å². The molecule has 6 rings (SSSR count). The van der Waals surface area contributed by atoms with Crippen LogP contribution in [0.5, 0.6) is 0 Å². The van der Waals surface area contributed by atoms with E-state index in [9.17, 15) is 0 Å². The number of fused-ring (bicyclic) bond motifs is 1. The Morgan fingerprint density at radius 2 is 0.556 bits per heavy atom. The predicted octanol–water partition coefficient (Wildman–Crippen LogP) is 7.04. The smallest absolute Gasteiger partial charge is 0.0620 e. The lowest BCUT2D eigenvalue weighted by Crippen LogP contribution is -2.34. The molecule has 5 aromatic carbocycles. The second-order valence-corrected chi connectivity index (χ2v) is 17.3. The fourth-order valence-corrected chi connectivity index (χ4v) is 16.1. The molecule has 0 aliphatic carbocycles. The molecule has 0 atom stereocenters. The van der Waals surface area contributed by atoms with Crippen LogP contribution in [-0.4, -0.2) is 12.3 Å². The van der Waals surface area contributed by atoms with Gasteiger partial charge in [0.05, 0.1) is 48.1 Å². The van der Waals surface area contributed by atoms with Gasteiger partial charge in [0.15, 0.2) is 0 Å². The molecule has 36 heavy (non-hydrogen) atoms. The molecule has 1 aliphatic rings. The van der Waals surface area contributed by atoms with E-state index in [2.05, 4.69) is 146 Å². The summed E-state index contributed by atoms with van der Waals surface area (Å²) in [5.41, 5.74) is 3.07. The zero-order chi connectivity index (χ0) is 24.3. The van der Waals surface area contributed by atoms with Crippen molar-refractivity contribution in [2.24, 2.45) is 0 Å². The molecule has 0 aromatic heterocycles. The monoisotopic (exact) mass is 502 g/mol. The average molecular weight is 503 g/mol. The van der Waals surface area contributed by atoms with Crippen molar-refractivity contribution in [1.29, 1.82) is 0 Å². The summed E-state index contributed by atoms with van der Waals surface area (Å²) in [4.78, 5) is 0. The van der Waals surface area contributed by atoms with Gasteiger partial charge in [0, 0.05) is 0 Å². The first-order valence-corrected chi connectivity index (χ1v) is 17.2. The predicted molar refractivity (Wildman–Crippen MR) is 162 cm³/mol. The summed E-state index contributed by atoms with van der Waals surface area (Å²) in [6, 6.07) is 55.0. The Bertz CT molecular complexity index is 1220. The molecule has 0 saturated heterocycles. The summed E-state index contributed by atoms with van der Waals surface area (Å²) >= 11 is 0. The van der Waals surface area contributed by atoms with E-state index >= 15 is 0 Å². The largest absolute Gasteiger partial charge is 0.103 e. The lowest BCUT2D eigenvalue weighted by molar-refractivity contribution is 1.21. The highest BCUT2D eigenvalue weighted by atomic mass is 31.2. The minimum atomic E-state index is -1.69. The van der Waals surface area contributed by atoms with Gasteiger partial charge in [-0.15, -0.1) is 0 Å². The van der Waals surface area contributed by atoms with E-state index in [1.807, 2.05) is 0 Å². The molecular formula is C34H32P2+2. The third-order valence-corrected chi connectivity index (χ3v) is 17.1. The van der Waals surface area contributed by atoms with E-state index in [1.165, 1.54) is 44.7 Å². The fraction of sp³-hybridized carbons (Fsp3) is 0.118. The average Bonchev–Trinajstić information content (AvgIpc) is 2.96. The number of hydrogen-bond donors (Lipinski definition) is 0. The van der Waals surface area contributed by atoms with E-state index in [0.717, 1.165) is 12.3 Å². The van der Waals surface area contributed by atoms with E-state index < -0.39 is 14.5 Å². The van der Waals surface area contributed by atoms with E-state index in [4.69, 9.17) is 0 Å². The van der Waals surface area contributed by atoms with Gasteiger partial charge in [0.25, 0.3) is 0 Å². The van der Waals surface area contributed by atoms with Gasteiger partial charge < -0.3 is 0 Å². The first-order chi connectivity index (χ1) is 17.8. The SMILES string of the molecule is c1ccc([P+]2(c3ccccc3)CC[P+](c3ccccc3)(c3ccccc3)Cc3ccccc3C2)cc1. The Labute approximate surface area is 216 Å². The second-order valence-electron chi connectivity index (χ2n) is 9.81. The standard InChI is InChI=1S/C34H32P2/c1-5-17-31(18-6-1)35(32-19-7-2-8-20-32)25-26-36(33-21-9-3-10-22-33,34-23-11-4-12-24-34)28-30-16-14-13-15-29(30)27-35/h1-24H,25-28H2/q+2. The first kappa shape index (κ1) is 23.4. The maximum Gasteiger partial charge on any atom is 0.103 e. The van der Waals surface area contributed by atoms with Gasteiger partial charge in [-0.05, 0) is 59.7 Å². The first-order valence-electron chi connectivity index (χ1n) is 12.8. The van der Waals surface area contributed by atoms with Crippen LogP contribution in [0.15, 0.2) is 146 Å². The van der Waals surface area contributed by atoms with Crippen LogP contribution in [0.1, 0.15) is 11.1 Å². The molecule has 0 nitrogen and oxygen atoms in total. The molecule has 0 saturated carbocycles. The van der Waals surface area contributed by atoms with Crippen molar-refractivity contribution in [2.75, 3.05) is 12.3 Å². The third kappa shape index (κ3) is 4.24. The normalized spacial score (nSPS) is 16.3. The van der Waals surface area contributed by atoms with Crippen LogP contribution in [0, 0.1) is 0 Å². The second kappa shape index (κ2) is 10.1. The molecule has 1 aliphatic heterocycles. The topological polar surface area (TPSA) is 0 Å². The molecule has 0 amide bonds. The lowest BCUT2D eigenvalue weighted by atomic mass is 10.1. The Kier molecular flexibility index (Phi) is 6.58. The highest BCUT2D eigenvalue weighted by Gasteiger charge is 2.52. The molecule has 0 unspecified atom stereocenters. The van der Waals surface area contributed by atoms with Crippen LogP contribution in [0.2, 0.25) is 0 Å². The van der Waals surface area contributed by atoms with Crippen molar-refractivity contribution in [1.82, 2.24) is 0 Å². The lowest BCUT2D eigenvalue weighted by Gasteiger charge is -2.35. The highest BCUT2D eigenvalue weighted by Crippen LogP contribution is 2.68. The van der Waals surface area contributed by atoms with Gasteiger partial charge in [0.2, 0.25) is 0 Å². The highest BCUT2D eigenvalue weighted by molar-refractivity contribution is 7.92. The van der Waals surface area contributed by atoms with Crippen molar-refractivity contribution >= 4 is 35.7 Å². The van der Waals surface area contributed by atoms with E-state index in [1.54, 1.807) is 0 Å². The third-order valence-electron chi connectivity index (χ3n) is 7.86. The Morgan fingerprint density at radius 1 is 0.306 bits per heavy atom. The molecular weight excluding hydrogens is 470 g/mol. The zero-order valence-corrected chi connectivity index (χ0v) is 22.4. The zero-order valence-electron chi connectivity index (χ0n) is 20.6. The summed E-state index contributed by atoms with van der Waals surface area (Å²) < 4.78 is 0. The van der Waals surface area contributed by atoms with Crippen molar-refractivity contribution in [3.8, 4) is 0 Å². The van der Waals surface area contributed by atoms with Gasteiger partial charge in [-0.3, -0.25) is 0 Å². The van der Waals surface area contributed by atoms with Gasteiger partial charge in [-0.25, -0.2) is 0 Å².